The molecule has 8 nitrogen and oxygen atoms in total. The lowest BCUT2D eigenvalue weighted by molar-refractivity contribution is -0.138. The molecule has 0 spiro atoms. The summed E-state index contributed by atoms with van der Waals surface area (Å²) in [5.74, 6) is -0.545. The van der Waals surface area contributed by atoms with E-state index >= 15 is 0 Å². The van der Waals surface area contributed by atoms with Gasteiger partial charge in [-0.25, -0.2) is 26.3 Å². The van der Waals surface area contributed by atoms with Crippen molar-refractivity contribution in [2.45, 2.75) is 40.9 Å². The summed E-state index contributed by atoms with van der Waals surface area (Å²) in [6.07, 6.45) is -8.90. The first-order chi connectivity index (χ1) is 27.4. The zero-order chi connectivity index (χ0) is 41.5. The maximum absolute atomic E-state index is 13.2. The Morgan fingerprint density at radius 3 is 1.29 bits per heavy atom. The first-order valence-electron chi connectivity index (χ1n) is 17.7. The molecule has 7 aromatic rings. The highest BCUT2D eigenvalue weighted by atomic mass is 79.9. The van der Waals surface area contributed by atoms with Crippen molar-refractivity contribution in [3.05, 3.63) is 165 Å². The minimum atomic E-state index is -4.62. The number of aromatic amines is 2. The van der Waals surface area contributed by atoms with Gasteiger partial charge in [0.2, 0.25) is 20.0 Å². The van der Waals surface area contributed by atoms with Gasteiger partial charge in [0.1, 0.15) is 0 Å². The van der Waals surface area contributed by atoms with E-state index in [-0.39, 0.29) is 35.7 Å². The minimum absolute atomic E-state index is 0.101. The second-order valence-electron chi connectivity index (χ2n) is 13.5. The molecule has 58 heavy (non-hydrogen) atoms. The Bertz CT molecular complexity index is 2630. The van der Waals surface area contributed by atoms with Gasteiger partial charge < -0.3 is 9.97 Å². The van der Waals surface area contributed by atoms with Gasteiger partial charge in [-0.1, -0.05) is 64.5 Å². The number of fused-ring (bicyclic) bond motifs is 2. The van der Waals surface area contributed by atoms with Crippen molar-refractivity contribution in [1.82, 2.24) is 19.4 Å². The van der Waals surface area contributed by atoms with Crippen LogP contribution in [-0.4, -0.2) is 39.9 Å². The molecule has 7 rings (SSSR count). The minimum Gasteiger partial charge on any atom is -0.357 e. The summed E-state index contributed by atoms with van der Waals surface area (Å²) < 4.78 is 138. The van der Waals surface area contributed by atoms with E-state index in [1.54, 1.807) is 0 Å². The highest BCUT2D eigenvalue weighted by Gasteiger charge is 2.32. The third-order valence-corrected chi connectivity index (χ3v) is 13.3. The number of para-hydroxylation sites is 2. The van der Waals surface area contributed by atoms with Gasteiger partial charge in [0.25, 0.3) is 0 Å². The lowest BCUT2D eigenvalue weighted by Gasteiger charge is -2.21. The molecule has 0 saturated carbocycles. The number of sulfonamides is 2. The van der Waals surface area contributed by atoms with E-state index in [0.717, 1.165) is 78.6 Å². The molecule has 0 aliphatic heterocycles. The first-order valence-corrected chi connectivity index (χ1v) is 21.5. The number of H-pyrrole nitrogens is 2. The number of benzene rings is 5. The Morgan fingerprint density at radius 2 is 0.914 bits per heavy atom. The van der Waals surface area contributed by atoms with Crippen LogP contribution in [0, 0.1) is 0 Å². The van der Waals surface area contributed by atoms with Crippen molar-refractivity contribution >= 4 is 57.8 Å². The lowest BCUT2D eigenvalue weighted by Crippen LogP contribution is -2.27. The molecule has 5 aromatic carbocycles. The van der Waals surface area contributed by atoms with Crippen molar-refractivity contribution < 1.29 is 43.2 Å². The molecule has 302 valence electrons. The molecule has 0 amide bonds. The van der Waals surface area contributed by atoms with Crippen LogP contribution in [0.1, 0.15) is 45.1 Å². The molecule has 2 heterocycles. The van der Waals surface area contributed by atoms with Crippen LogP contribution >= 0.6 is 15.9 Å². The zero-order valence-corrected chi connectivity index (χ0v) is 33.3. The van der Waals surface area contributed by atoms with Crippen molar-refractivity contribution in [1.29, 1.82) is 0 Å². The monoisotopic (exact) mass is 902 g/mol. The van der Waals surface area contributed by atoms with E-state index in [4.69, 9.17) is 0 Å². The van der Waals surface area contributed by atoms with Crippen LogP contribution in [0.5, 0.6) is 0 Å². The second kappa shape index (κ2) is 16.0. The Hall–Kier alpha value is -4.94. The molecular formula is C41H33BrF6N4O4S2. The Morgan fingerprint density at radius 1 is 0.534 bits per heavy atom. The van der Waals surface area contributed by atoms with Crippen LogP contribution in [0.2, 0.25) is 0 Å². The van der Waals surface area contributed by atoms with Gasteiger partial charge in [-0.2, -0.15) is 26.3 Å². The molecule has 0 atom stereocenters. The van der Waals surface area contributed by atoms with E-state index in [1.807, 2.05) is 72.8 Å². The molecule has 0 bridgehead atoms. The van der Waals surface area contributed by atoms with Gasteiger partial charge in [0.05, 0.1) is 26.8 Å². The Labute approximate surface area is 337 Å². The highest BCUT2D eigenvalue weighted by molar-refractivity contribution is 9.10. The fraction of sp³-hybridized carbons (Fsp3) is 0.171. The molecule has 0 aliphatic carbocycles. The van der Waals surface area contributed by atoms with Crippen LogP contribution in [0.15, 0.2) is 136 Å². The summed E-state index contributed by atoms with van der Waals surface area (Å²) in [5.41, 5.74) is 3.40. The fourth-order valence-electron chi connectivity index (χ4n) is 7.04. The van der Waals surface area contributed by atoms with Crippen molar-refractivity contribution in [3.8, 4) is 0 Å². The Kier molecular flexibility index (Phi) is 11.4. The second-order valence-corrected chi connectivity index (χ2v) is 17.9. The highest BCUT2D eigenvalue weighted by Crippen LogP contribution is 2.41. The normalized spacial score (nSPS) is 12.9. The molecule has 0 radical (unpaired) electrons. The Balaban J connectivity index is 1.25. The molecule has 17 heteroatoms. The maximum atomic E-state index is 13.2. The smallest absolute Gasteiger partial charge is 0.357 e. The van der Waals surface area contributed by atoms with Crippen LogP contribution in [0.3, 0.4) is 0 Å². The van der Waals surface area contributed by atoms with Crippen LogP contribution in [0.25, 0.3) is 21.8 Å². The van der Waals surface area contributed by atoms with Crippen molar-refractivity contribution in [3.63, 3.8) is 0 Å². The summed E-state index contributed by atoms with van der Waals surface area (Å²) in [6, 6.07) is 29.1. The third kappa shape index (κ3) is 8.73. The van der Waals surface area contributed by atoms with E-state index in [9.17, 15) is 43.2 Å². The molecule has 0 saturated heterocycles. The SMILES string of the molecule is O=S(=O)(NCCc1c(C(c2ccc(Br)cc2)c2[nH]c3ccccc3c2CCNS(=O)(=O)c2ccc(C(F)(F)F)cc2)[nH]c2ccccc12)c1ccc(C(F)(F)F)cc1. The number of nitrogens with one attached hydrogen (secondary N) is 4. The first kappa shape index (κ1) is 41.2. The third-order valence-electron chi connectivity index (χ3n) is 9.79. The molecule has 0 unspecified atom stereocenters. The van der Waals surface area contributed by atoms with Gasteiger partial charge in [-0.3, -0.25) is 0 Å². The van der Waals surface area contributed by atoms with Crippen LogP contribution in [-0.2, 0) is 45.2 Å². The maximum Gasteiger partial charge on any atom is 0.416 e. The quantitative estimate of drug-likeness (QED) is 0.0861. The van der Waals surface area contributed by atoms with E-state index in [0.29, 0.717) is 24.3 Å². The summed E-state index contributed by atoms with van der Waals surface area (Å²) in [6.45, 7) is -0.201. The molecule has 4 N–H and O–H groups in total. The van der Waals surface area contributed by atoms with Gasteiger partial charge in [0.15, 0.2) is 0 Å². The lowest BCUT2D eigenvalue weighted by atomic mass is 9.86. The average molecular weight is 904 g/mol. The van der Waals surface area contributed by atoms with Gasteiger partial charge in [-0.15, -0.1) is 0 Å². The number of hydrogen-bond acceptors (Lipinski definition) is 4. The van der Waals surface area contributed by atoms with E-state index in [1.165, 1.54) is 0 Å². The topological polar surface area (TPSA) is 124 Å². The van der Waals surface area contributed by atoms with Crippen molar-refractivity contribution in [2.24, 2.45) is 0 Å². The largest absolute Gasteiger partial charge is 0.416 e. The summed E-state index contributed by atoms with van der Waals surface area (Å²) >= 11 is 3.51. The summed E-state index contributed by atoms with van der Waals surface area (Å²) in [7, 11) is -8.38. The van der Waals surface area contributed by atoms with E-state index < -0.39 is 49.4 Å². The predicted molar refractivity (Wildman–Crippen MR) is 212 cm³/mol. The average Bonchev–Trinajstić information content (AvgIpc) is 3.73. The van der Waals surface area contributed by atoms with Gasteiger partial charge >= 0.3 is 12.4 Å². The number of aromatic nitrogens is 2. The number of alkyl halides is 6. The van der Waals surface area contributed by atoms with Crippen molar-refractivity contribution in [2.75, 3.05) is 13.1 Å². The fourth-order valence-corrected chi connectivity index (χ4v) is 9.37. The van der Waals surface area contributed by atoms with Gasteiger partial charge in [0, 0.05) is 50.8 Å². The van der Waals surface area contributed by atoms with Gasteiger partial charge in [-0.05, 0) is 102 Å². The standard InChI is InChI=1S/C41H33BrF6N4O4S2/c42-28-15-9-25(10-16-28)37(38-33(31-5-1-3-7-35(31)51-38)21-23-49-57(53,54)29-17-11-26(12-18-29)40(43,44)45)39-34(32-6-2-4-8-36(32)52-39)22-24-50-58(55,56)30-19-13-27(14-20-30)41(46,47)48/h1-20,37,49-52H,21-24H2. The zero-order valence-electron chi connectivity index (χ0n) is 30.0. The predicted octanol–water partition coefficient (Wildman–Crippen LogP) is 9.67. The molecule has 0 aliphatic rings. The number of hydrogen-bond donors (Lipinski definition) is 4. The molecule has 0 fully saturated rings. The number of halogens is 7. The molecular weight excluding hydrogens is 871 g/mol. The van der Waals surface area contributed by atoms with Crippen LogP contribution < -0.4 is 9.44 Å². The van der Waals surface area contributed by atoms with E-state index in [2.05, 4.69) is 35.3 Å². The molecule has 2 aromatic heterocycles. The summed E-state index contributed by atoms with van der Waals surface area (Å²) in [4.78, 5) is 6.48. The summed E-state index contributed by atoms with van der Waals surface area (Å²) in [5, 5.41) is 1.63. The number of rotatable bonds is 13. The van der Waals surface area contributed by atoms with Crippen LogP contribution in [0.4, 0.5) is 26.3 Å².